The fraction of sp³-hybridized carbons (Fsp3) is 0.391. The van der Waals surface area contributed by atoms with Crippen molar-refractivity contribution < 1.29 is 18.0 Å². The second kappa shape index (κ2) is 9.05. The molecule has 1 amide bonds. The molecule has 2 aromatic heterocycles. The summed E-state index contributed by atoms with van der Waals surface area (Å²) in [5.74, 6) is -0.00131. The molecule has 3 N–H and O–H groups in total. The van der Waals surface area contributed by atoms with E-state index in [1.807, 2.05) is 0 Å². The van der Waals surface area contributed by atoms with Gasteiger partial charge in [-0.05, 0) is 49.7 Å². The van der Waals surface area contributed by atoms with Crippen LogP contribution in [0, 0.1) is 0 Å². The zero-order valence-electron chi connectivity index (χ0n) is 19.0. The van der Waals surface area contributed by atoms with Gasteiger partial charge in [0.25, 0.3) is 5.56 Å². The van der Waals surface area contributed by atoms with Crippen LogP contribution in [0.25, 0.3) is 11.0 Å². The van der Waals surface area contributed by atoms with Gasteiger partial charge >= 0.3 is 6.18 Å². The monoisotopic (exact) mass is 474 g/mol. The van der Waals surface area contributed by atoms with Crippen LogP contribution in [0.2, 0.25) is 0 Å². The standard InChI is InChI=1S/C23H25F3N6O2/c1-12(15-6-16(23(24,25)26)8-17(7-15)31-13(2)33)30-20-19-9-18(14-4-5-27-10-14)22(34)32(3)21(19)29-11-28-20/h6-9,11-12,14,27H,4-5,10H2,1-3H3,(H,31,33)(H,28,29,30). The van der Waals surface area contributed by atoms with Gasteiger partial charge < -0.3 is 16.0 Å². The Morgan fingerprint density at radius 2 is 2.00 bits per heavy atom. The molecule has 2 unspecified atom stereocenters. The molecule has 1 aromatic carbocycles. The zero-order chi connectivity index (χ0) is 24.6. The van der Waals surface area contributed by atoms with E-state index in [4.69, 9.17) is 0 Å². The topological polar surface area (TPSA) is 101 Å². The van der Waals surface area contributed by atoms with E-state index in [1.54, 1.807) is 20.0 Å². The van der Waals surface area contributed by atoms with E-state index in [1.165, 1.54) is 23.9 Å². The lowest BCUT2D eigenvalue weighted by atomic mass is 9.98. The van der Waals surface area contributed by atoms with Crippen LogP contribution in [-0.2, 0) is 18.0 Å². The Morgan fingerprint density at radius 1 is 1.24 bits per heavy atom. The van der Waals surface area contributed by atoms with Gasteiger partial charge in [0, 0.05) is 37.7 Å². The van der Waals surface area contributed by atoms with Crippen LogP contribution < -0.4 is 21.5 Å². The van der Waals surface area contributed by atoms with Crippen LogP contribution in [0.5, 0.6) is 0 Å². The van der Waals surface area contributed by atoms with Gasteiger partial charge in [-0.1, -0.05) is 0 Å². The number of nitrogens with one attached hydrogen (secondary N) is 3. The van der Waals surface area contributed by atoms with Gasteiger partial charge in [0.1, 0.15) is 17.8 Å². The van der Waals surface area contributed by atoms with Crippen LogP contribution >= 0.6 is 0 Å². The first-order chi connectivity index (χ1) is 16.0. The summed E-state index contributed by atoms with van der Waals surface area (Å²) in [6.07, 6.45) is -2.43. The minimum atomic E-state index is -4.58. The average molecular weight is 474 g/mol. The van der Waals surface area contributed by atoms with Crippen molar-refractivity contribution >= 4 is 28.4 Å². The number of alkyl halides is 3. The predicted molar refractivity (Wildman–Crippen MR) is 123 cm³/mol. The third-order valence-corrected chi connectivity index (χ3v) is 5.99. The maximum Gasteiger partial charge on any atom is 0.416 e. The van der Waals surface area contributed by atoms with E-state index in [0.717, 1.165) is 25.1 Å². The first kappa shape index (κ1) is 23.7. The largest absolute Gasteiger partial charge is 0.416 e. The summed E-state index contributed by atoms with van der Waals surface area (Å²) in [7, 11) is 1.64. The molecule has 34 heavy (non-hydrogen) atoms. The number of hydrogen-bond acceptors (Lipinski definition) is 6. The van der Waals surface area contributed by atoms with Gasteiger partial charge in [0.05, 0.1) is 17.0 Å². The average Bonchev–Trinajstić information content (AvgIpc) is 3.30. The Morgan fingerprint density at radius 3 is 2.65 bits per heavy atom. The molecule has 180 valence electrons. The van der Waals surface area contributed by atoms with Crippen LogP contribution in [0.3, 0.4) is 0 Å². The molecule has 8 nitrogen and oxygen atoms in total. The third-order valence-electron chi connectivity index (χ3n) is 5.99. The highest BCUT2D eigenvalue weighted by Gasteiger charge is 2.32. The molecule has 1 fully saturated rings. The van der Waals surface area contributed by atoms with Gasteiger partial charge in [-0.2, -0.15) is 13.2 Å². The highest BCUT2D eigenvalue weighted by atomic mass is 19.4. The van der Waals surface area contributed by atoms with Gasteiger partial charge in [0.2, 0.25) is 5.91 Å². The Hall–Kier alpha value is -3.47. The highest BCUT2D eigenvalue weighted by molar-refractivity contribution is 5.89. The summed E-state index contributed by atoms with van der Waals surface area (Å²) >= 11 is 0. The van der Waals surface area contributed by atoms with Crippen molar-refractivity contribution in [2.75, 3.05) is 23.7 Å². The summed E-state index contributed by atoms with van der Waals surface area (Å²) in [6.45, 7) is 4.45. The molecule has 11 heteroatoms. The van der Waals surface area contributed by atoms with Gasteiger partial charge in [-0.3, -0.25) is 14.2 Å². The summed E-state index contributed by atoms with van der Waals surface area (Å²) < 4.78 is 41.9. The number of anilines is 2. The first-order valence-corrected chi connectivity index (χ1v) is 10.9. The molecule has 0 bridgehead atoms. The Balaban J connectivity index is 1.75. The summed E-state index contributed by atoms with van der Waals surface area (Å²) in [4.78, 5) is 32.9. The van der Waals surface area contributed by atoms with Crippen molar-refractivity contribution in [2.45, 2.75) is 38.4 Å². The van der Waals surface area contributed by atoms with Crippen LogP contribution in [0.1, 0.15) is 48.9 Å². The number of rotatable bonds is 5. The lowest BCUT2D eigenvalue weighted by Gasteiger charge is -2.20. The molecule has 3 heterocycles. The predicted octanol–water partition coefficient (Wildman–Crippen LogP) is 3.56. The number of carbonyl (C=O) groups is 1. The number of hydrogen-bond donors (Lipinski definition) is 3. The van der Waals surface area contributed by atoms with Gasteiger partial charge in [-0.15, -0.1) is 0 Å². The molecule has 1 aliphatic rings. The molecule has 0 aliphatic carbocycles. The number of amides is 1. The molecule has 0 spiro atoms. The van der Waals surface area contributed by atoms with Crippen LogP contribution in [0.4, 0.5) is 24.7 Å². The van der Waals surface area contributed by atoms with E-state index in [-0.39, 0.29) is 17.2 Å². The van der Waals surface area contributed by atoms with Crippen molar-refractivity contribution in [1.29, 1.82) is 0 Å². The molecule has 0 saturated carbocycles. The number of nitrogens with zero attached hydrogens (tertiary/aromatic N) is 3. The van der Waals surface area contributed by atoms with Crippen LogP contribution in [-0.4, -0.2) is 33.5 Å². The summed E-state index contributed by atoms with van der Waals surface area (Å²) in [5.41, 5.74) is 0.447. The van der Waals surface area contributed by atoms with E-state index in [9.17, 15) is 22.8 Å². The SMILES string of the molecule is CC(=O)Nc1cc(C(C)Nc2ncnc3c2cc(C2CCNC2)c(=O)n3C)cc(C(F)(F)F)c1. The van der Waals surface area contributed by atoms with E-state index in [2.05, 4.69) is 25.9 Å². The Kier molecular flexibility index (Phi) is 6.30. The molecule has 1 saturated heterocycles. The fourth-order valence-electron chi connectivity index (χ4n) is 4.25. The third kappa shape index (κ3) is 4.74. The molecular formula is C23H25F3N6O2. The van der Waals surface area contributed by atoms with Crippen molar-refractivity contribution in [2.24, 2.45) is 7.05 Å². The molecule has 4 rings (SSSR count). The second-order valence-corrected chi connectivity index (χ2v) is 8.50. The number of fused-ring (bicyclic) bond motifs is 1. The van der Waals surface area contributed by atoms with Crippen molar-refractivity contribution in [3.8, 4) is 0 Å². The van der Waals surface area contributed by atoms with Crippen LogP contribution in [0.15, 0.2) is 35.4 Å². The second-order valence-electron chi connectivity index (χ2n) is 8.50. The first-order valence-electron chi connectivity index (χ1n) is 10.9. The Labute approximate surface area is 193 Å². The maximum atomic E-state index is 13.5. The van der Waals surface area contributed by atoms with Gasteiger partial charge in [0.15, 0.2) is 0 Å². The minimum Gasteiger partial charge on any atom is -0.363 e. The smallest absolute Gasteiger partial charge is 0.363 e. The summed E-state index contributed by atoms with van der Waals surface area (Å²) in [5, 5.41) is 9.44. The number of carbonyl (C=O) groups excluding carboxylic acids is 1. The van der Waals surface area contributed by atoms with Gasteiger partial charge in [-0.25, -0.2) is 9.97 Å². The van der Waals surface area contributed by atoms with E-state index >= 15 is 0 Å². The van der Waals surface area contributed by atoms with Crippen molar-refractivity contribution in [1.82, 2.24) is 19.9 Å². The summed E-state index contributed by atoms with van der Waals surface area (Å²) in [6, 6.07) is 4.61. The Bertz CT molecular complexity index is 1300. The minimum absolute atomic E-state index is 0.0527. The molecule has 1 aliphatic heterocycles. The fourth-order valence-corrected chi connectivity index (χ4v) is 4.25. The molecule has 0 radical (unpaired) electrons. The number of aryl methyl sites for hydroxylation is 1. The molecule has 3 aromatic rings. The lowest BCUT2D eigenvalue weighted by Crippen LogP contribution is -2.25. The zero-order valence-corrected chi connectivity index (χ0v) is 19.0. The highest BCUT2D eigenvalue weighted by Crippen LogP contribution is 2.34. The quantitative estimate of drug-likeness (QED) is 0.523. The van der Waals surface area contributed by atoms with E-state index in [0.29, 0.717) is 34.5 Å². The number of benzene rings is 1. The maximum absolute atomic E-state index is 13.5. The molecular weight excluding hydrogens is 449 g/mol. The number of pyridine rings is 1. The normalized spacial score (nSPS) is 17.1. The lowest BCUT2D eigenvalue weighted by molar-refractivity contribution is -0.137. The molecule has 2 atom stereocenters. The number of aromatic nitrogens is 3. The van der Waals surface area contributed by atoms with Crippen molar-refractivity contribution in [3.63, 3.8) is 0 Å². The van der Waals surface area contributed by atoms with E-state index < -0.39 is 23.7 Å². The number of halogens is 3. The van der Waals surface area contributed by atoms with Crippen molar-refractivity contribution in [3.05, 3.63) is 57.6 Å².